The minimum absolute atomic E-state index is 0.0627. The third-order valence-electron chi connectivity index (χ3n) is 3.96. The molecular weight excluding hydrogens is 258 g/mol. The summed E-state index contributed by atoms with van der Waals surface area (Å²) >= 11 is 0. The van der Waals surface area contributed by atoms with Gasteiger partial charge in [0.1, 0.15) is 0 Å². The first kappa shape index (κ1) is 15.4. The van der Waals surface area contributed by atoms with Gasteiger partial charge >= 0.3 is 0 Å². The lowest BCUT2D eigenvalue weighted by atomic mass is 10.0. The van der Waals surface area contributed by atoms with Crippen LogP contribution in [0.2, 0.25) is 0 Å². The van der Waals surface area contributed by atoms with Crippen LogP contribution in [0.4, 0.5) is 8.78 Å². The summed E-state index contributed by atoms with van der Waals surface area (Å²) < 4.78 is 25.7. The Morgan fingerprint density at radius 2 is 2.00 bits per heavy atom. The van der Waals surface area contributed by atoms with E-state index in [9.17, 15) is 8.78 Å². The van der Waals surface area contributed by atoms with E-state index in [1.807, 2.05) is 6.07 Å². The van der Waals surface area contributed by atoms with E-state index in [1.54, 1.807) is 12.1 Å². The van der Waals surface area contributed by atoms with Crippen molar-refractivity contribution in [1.82, 2.24) is 4.90 Å². The summed E-state index contributed by atoms with van der Waals surface area (Å²) in [6.07, 6.45) is 2.25. The zero-order chi connectivity index (χ0) is 14.5. The van der Waals surface area contributed by atoms with E-state index < -0.39 is 6.43 Å². The highest BCUT2D eigenvalue weighted by Crippen LogP contribution is 2.35. The molecule has 1 atom stereocenters. The number of unbranched alkanes of at least 4 members (excludes halogenated alkanes) is 1. The van der Waals surface area contributed by atoms with Crippen LogP contribution in [0, 0.1) is 0 Å². The predicted molar refractivity (Wildman–Crippen MR) is 77.8 cm³/mol. The van der Waals surface area contributed by atoms with E-state index in [0.29, 0.717) is 12.6 Å². The molecule has 2 nitrogen and oxygen atoms in total. The summed E-state index contributed by atoms with van der Waals surface area (Å²) in [6, 6.07) is 7.38. The summed E-state index contributed by atoms with van der Waals surface area (Å²) in [4.78, 5) is 2.41. The number of nitrogens with zero attached hydrogens (tertiary/aromatic N) is 1. The first-order valence-electron chi connectivity index (χ1n) is 7.51. The summed E-state index contributed by atoms with van der Waals surface area (Å²) in [6.45, 7) is 3.65. The van der Waals surface area contributed by atoms with Crippen molar-refractivity contribution in [2.75, 3.05) is 13.1 Å². The van der Waals surface area contributed by atoms with Gasteiger partial charge in [-0.15, -0.1) is 0 Å². The van der Waals surface area contributed by atoms with Gasteiger partial charge in [-0.1, -0.05) is 31.5 Å². The van der Waals surface area contributed by atoms with Crippen molar-refractivity contribution in [3.05, 3.63) is 35.4 Å². The molecule has 0 spiro atoms. The highest BCUT2D eigenvalue weighted by atomic mass is 19.3. The van der Waals surface area contributed by atoms with Gasteiger partial charge < -0.3 is 5.73 Å². The fourth-order valence-corrected chi connectivity index (χ4v) is 2.70. The minimum Gasteiger partial charge on any atom is -0.329 e. The van der Waals surface area contributed by atoms with Gasteiger partial charge in [-0.2, -0.15) is 0 Å². The van der Waals surface area contributed by atoms with Crippen LogP contribution >= 0.6 is 0 Å². The third-order valence-corrected chi connectivity index (χ3v) is 3.96. The Kier molecular flexibility index (Phi) is 5.49. The van der Waals surface area contributed by atoms with Gasteiger partial charge in [0.25, 0.3) is 6.43 Å². The average Bonchev–Trinajstić information content (AvgIpc) is 3.28. The molecule has 0 aliphatic heterocycles. The standard InChI is InChI=1S/C16H24F2N2/c1-2-3-9-20(14-7-8-14)15(11-19)12-5-4-6-13(10-12)16(17)18/h4-6,10,14-16H,2-3,7-9,11,19H2,1H3. The second-order valence-corrected chi connectivity index (χ2v) is 5.54. The summed E-state index contributed by atoms with van der Waals surface area (Å²) in [5.41, 5.74) is 6.95. The molecule has 2 N–H and O–H groups in total. The van der Waals surface area contributed by atoms with Crippen molar-refractivity contribution >= 4 is 0 Å². The lowest BCUT2D eigenvalue weighted by molar-refractivity contribution is 0.150. The third kappa shape index (κ3) is 3.76. The highest BCUT2D eigenvalue weighted by molar-refractivity contribution is 5.27. The number of nitrogens with two attached hydrogens (primary N) is 1. The molecule has 1 aromatic rings. The van der Waals surface area contributed by atoms with E-state index in [-0.39, 0.29) is 11.6 Å². The molecular formula is C16H24F2N2. The Morgan fingerprint density at radius 3 is 2.55 bits per heavy atom. The van der Waals surface area contributed by atoms with Gasteiger partial charge in [0.05, 0.1) is 0 Å². The normalized spacial score (nSPS) is 16.9. The van der Waals surface area contributed by atoms with E-state index in [2.05, 4.69) is 11.8 Å². The van der Waals surface area contributed by atoms with Crippen molar-refractivity contribution in [3.63, 3.8) is 0 Å². The van der Waals surface area contributed by atoms with Gasteiger partial charge in [-0.3, -0.25) is 4.90 Å². The number of alkyl halides is 2. The smallest absolute Gasteiger partial charge is 0.263 e. The maximum absolute atomic E-state index is 12.8. The topological polar surface area (TPSA) is 29.3 Å². The van der Waals surface area contributed by atoms with Crippen molar-refractivity contribution in [2.24, 2.45) is 5.73 Å². The molecule has 1 aliphatic rings. The van der Waals surface area contributed by atoms with E-state index >= 15 is 0 Å². The maximum atomic E-state index is 12.8. The molecule has 0 saturated heterocycles. The lowest BCUT2D eigenvalue weighted by Gasteiger charge is -2.31. The highest BCUT2D eigenvalue weighted by Gasteiger charge is 2.33. The lowest BCUT2D eigenvalue weighted by Crippen LogP contribution is -2.36. The fraction of sp³-hybridized carbons (Fsp3) is 0.625. The van der Waals surface area contributed by atoms with Crippen molar-refractivity contribution in [3.8, 4) is 0 Å². The van der Waals surface area contributed by atoms with Crippen LogP contribution in [-0.2, 0) is 0 Å². The van der Waals surface area contributed by atoms with Crippen LogP contribution in [0.25, 0.3) is 0 Å². The monoisotopic (exact) mass is 282 g/mol. The van der Waals surface area contributed by atoms with Crippen LogP contribution in [0.3, 0.4) is 0 Å². The molecule has 0 amide bonds. The van der Waals surface area contributed by atoms with E-state index in [4.69, 9.17) is 5.73 Å². The molecule has 2 rings (SSSR count). The minimum atomic E-state index is -2.42. The number of benzene rings is 1. The van der Waals surface area contributed by atoms with Gasteiger partial charge in [0.15, 0.2) is 0 Å². The number of halogens is 2. The van der Waals surface area contributed by atoms with Gasteiger partial charge in [-0.25, -0.2) is 8.78 Å². The Hall–Kier alpha value is -1.00. The van der Waals surface area contributed by atoms with Gasteiger partial charge in [0, 0.05) is 24.2 Å². The van der Waals surface area contributed by atoms with Crippen LogP contribution in [-0.4, -0.2) is 24.0 Å². The molecule has 1 fully saturated rings. The first-order valence-corrected chi connectivity index (χ1v) is 7.51. The quantitative estimate of drug-likeness (QED) is 0.784. The molecule has 4 heteroatoms. The van der Waals surface area contributed by atoms with Gasteiger partial charge in [0.2, 0.25) is 0 Å². The Bertz CT molecular complexity index is 419. The zero-order valence-corrected chi connectivity index (χ0v) is 12.1. The van der Waals surface area contributed by atoms with E-state index in [1.165, 1.54) is 18.9 Å². The average molecular weight is 282 g/mol. The maximum Gasteiger partial charge on any atom is 0.263 e. The van der Waals surface area contributed by atoms with Gasteiger partial charge in [-0.05, 0) is 37.4 Å². The first-order chi connectivity index (χ1) is 9.67. The molecule has 1 aliphatic carbocycles. The zero-order valence-electron chi connectivity index (χ0n) is 12.1. The van der Waals surface area contributed by atoms with Crippen molar-refractivity contribution < 1.29 is 8.78 Å². The second kappa shape index (κ2) is 7.14. The number of rotatable bonds is 8. The Balaban J connectivity index is 2.18. The van der Waals surface area contributed by atoms with Crippen molar-refractivity contribution in [2.45, 2.75) is 51.1 Å². The van der Waals surface area contributed by atoms with Crippen LogP contribution in [0.5, 0.6) is 0 Å². The summed E-state index contributed by atoms with van der Waals surface area (Å²) in [5.74, 6) is 0. The Labute approximate surface area is 120 Å². The summed E-state index contributed by atoms with van der Waals surface area (Å²) in [5, 5.41) is 0. The number of hydrogen-bond acceptors (Lipinski definition) is 2. The van der Waals surface area contributed by atoms with Crippen molar-refractivity contribution in [1.29, 1.82) is 0 Å². The molecule has 0 heterocycles. The predicted octanol–water partition coefficient (Wildman–Crippen LogP) is 3.89. The molecule has 112 valence electrons. The SMILES string of the molecule is CCCCN(C1CC1)C(CN)c1cccc(C(F)F)c1. The fourth-order valence-electron chi connectivity index (χ4n) is 2.70. The molecule has 1 saturated carbocycles. The molecule has 1 aromatic carbocycles. The summed E-state index contributed by atoms with van der Waals surface area (Å²) in [7, 11) is 0. The number of hydrogen-bond donors (Lipinski definition) is 1. The molecule has 0 bridgehead atoms. The van der Waals surface area contributed by atoms with Crippen LogP contribution in [0.15, 0.2) is 24.3 Å². The van der Waals surface area contributed by atoms with Crippen LogP contribution < -0.4 is 5.73 Å². The second-order valence-electron chi connectivity index (χ2n) is 5.54. The molecule has 20 heavy (non-hydrogen) atoms. The largest absolute Gasteiger partial charge is 0.329 e. The van der Waals surface area contributed by atoms with Crippen LogP contribution in [0.1, 0.15) is 56.2 Å². The molecule has 1 unspecified atom stereocenters. The van der Waals surface area contributed by atoms with E-state index in [0.717, 1.165) is 24.9 Å². The molecule has 0 radical (unpaired) electrons. The Morgan fingerprint density at radius 1 is 1.30 bits per heavy atom. The molecule has 0 aromatic heterocycles.